The summed E-state index contributed by atoms with van der Waals surface area (Å²) in [4.78, 5) is 8.37. The molecule has 0 fully saturated rings. The van der Waals surface area contributed by atoms with E-state index in [1.165, 1.54) is 12.3 Å². The first-order valence-electron chi connectivity index (χ1n) is 10.0. The Balaban J connectivity index is 1.56. The lowest BCUT2D eigenvalue weighted by atomic mass is 10.2. The van der Waals surface area contributed by atoms with Gasteiger partial charge in [0, 0.05) is 45.6 Å². The Morgan fingerprint density at radius 3 is 2.75 bits per heavy atom. The van der Waals surface area contributed by atoms with E-state index in [1.54, 1.807) is 10.8 Å². The Bertz CT molecular complexity index is 1130. The number of nitrogens with one attached hydrogen (secondary N) is 1. The molecule has 169 valence electrons. The Kier molecular flexibility index (Phi) is 6.92. The average molecular weight is 480 g/mol. The number of halogens is 3. The number of nitrogens with zero attached hydrogens (tertiary/aromatic N) is 3. The van der Waals surface area contributed by atoms with Gasteiger partial charge in [-0.25, -0.2) is 18.8 Å². The summed E-state index contributed by atoms with van der Waals surface area (Å²) in [6.07, 6.45) is 3.16. The number of pyridine rings is 1. The van der Waals surface area contributed by atoms with Crippen molar-refractivity contribution in [2.75, 3.05) is 25.1 Å². The highest BCUT2D eigenvalue weighted by molar-refractivity contribution is 6.55. The lowest BCUT2D eigenvalue weighted by Gasteiger charge is -2.12. The fourth-order valence-electron chi connectivity index (χ4n) is 3.13. The van der Waals surface area contributed by atoms with Crippen LogP contribution in [0.25, 0.3) is 11.0 Å². The molecule has 32 heavy (non-hydrogen) atoms. The highest BCUT2D eigenvalue weighted by Crippen LogP contribution is 2.37. The largest absolute Gasteiger partial charge is 0.463 e. The summed E-state index contributed by atoms with van der Waals surface area (Å²) in [7, 11) is -0.369. The van der Waals surface area contributed by atoms with Gasteiger partial charge in [0.25, 0.3) is 6.02 Å². The van der Waals surface area contributed by atoms with Crippen LogP contribution in [-0.2, 0) is 16.2 Å². The van der Waals surface area contributed by atoms with E-state index in [1.807, 2.05) is 0 Å². The average Bonchev–Trinajstić information content (AvgIpc) is 3.36. The van der Waals surface area contributed by atoms with Crippen molar-refractivity contribution < 1.29 is 23.0 Å². The zero-order valence-electron chi connectivity index (χ0n) is 17.6. The maximum Gasteiger partial charge on any atom is 0.289 e. The van der Waals surface area contributed by atoms with E-state index in [4.69, 9.17) is 25.8 Å². The van der Waals surface area contributed by atoms with Crippen molar-refractivity contribution in [3.8, 4) is 11.5 Å². The Morgan fingerprint density at radius 2 is 2.06 bits per heavy atom. The maximum absolute atomic E-state index is 14.7. The van der Waals surface area contributed by atoms with Gasteiger partial charge < -0.3 is 24.1 Å². The van der Waals surface area contributed by atoms with Crippen molar-refractivity contribution in [1.82, 2.24) is 9.55 Å². The Labute approximate surface area is 190 Å². The third kappa shape index (κ3) is 5.03. The van der Waals surface area contributed by atoms with Gasteiger partial charge in [-0.3, -0.25) is 0 Å². The van der Waals surface area contributed by atoms with Crippen LogP contribution in [0.15, 0.2) is 35.6 Å². The minimum Gasteiger partial charge on any atom is -0.463 e. The van der Waals surface area contributed by atoms with Crippen LogP contribution in [0.4, 0.5) is 14.5 Å². The van der Waals surface area contributed by atoms with Gasteiger partial charge in [0.2, 0.25) is 0 Å². The molecule has 11 heteroatoms. The van der Waals surface area contributed by atoms with Crippen molar-refractivity contribution in [2.24, 2.45) is 4.99 Å². The van der Waals surface area contributed by atoms with E-state index in [-0.39, 0.29) is 33.0 Å². The zero-order chi connectivity index (χ0) is 22.7. The molecule has 0 atom stereocenters. The lowest BCUT2D eigenvalue weighted by Crippen LogP contribution is -2.12. The second-order valence-corrected chi connectivity index (χ2v) is 10.8. The molecule has 0 aliphatic carbocycles. The molecule has 3 aromatic rings. The van der Waals surface area contributed by atoms with Gasteiger partial charge >= 0.3 is 0 Å². The number of amidine groups is 1. The van der Waals surface area contributed by atoms with Crippen LogP contribution in [0.1, 0.15) is 0 Å². The second-order valence-electron chi connectivity index (χ2n) is 7.48. The van der Waals surface area contributed by atoms with Crippen molar-refractivity contribution in [3.63, 3.8) is 0 Å². The smallest absolute Gasteiger partial charge is 0.289 e. The predicted octanol–water partition coefficient (Wildman–Crippen LogP) is 5.29. The molecular formula is C21H22ClF2N4O3Si. The summed E-state index contributed by atoms with van der Waals surface area (Å²) in [6.45, 7) is 6.28. The quantitative estimate of drug-likeness (QED) is 0.351. The third-order valence-electron chi connectivity index (χ3n) is 4.70. The molecule has 3 heterocycles. The van der Waals surface area contributed by atoms with Crippen molar-refractivity contribution >= 4 is 43.1 Å². The SMILES string of the molecule is C[Si](C)CCOCn1cc(Cl)c2c(Oc3c(F)cc(NC4=NCCO4)cc3F)ccnc21. The summed E-state index contributed by atoms with van der Waals surface area (Å²) in [5.74, 6) is -2.12. The van der Waals surface area contributed by atoms with E-state index in [0.717, 1.165) is 18.2 Å². The molecule has 0 spiro atoms. The van der Waals surface area contributed by atoms with Gasteiger partial charge in [0.15, 0.2) is 17.4 Å². The number of benzene rings is 1. The standard InChI is InChI=1S/C21H22ClF2N4O3Si/c1-32(2)8-7-29-12-28-11-14(22)18-17(3-4-25-20(18)28)31-19-15(23)9-13(10-16(19)24)27-21-26-5-6-30-21/h3-4,9-11H,5-8,12H2,1-2H3,(H,26,27). The number of aliphatic imine (C=N–C) groups is 1. The fourth-order valence-corrected chi connectivity index (χ4v) is 3.98. The first kappa shape index (κ1) is 22.5. The number of anilines is 1. The summed E-state index contributed by atoms with van der Waals surface area (Å²) < 4.78 is 47.7. The number of hydrogen-bond donors (Lipinski definition) is 1. The molecule has 1 aliphatic rings. The molecule has 1 aromatic carbocycles. The first-order valence-corrected chi connectivity index (χ1v) is 13.1. The Hall–Kier alpha value is -2.69. The molecule has 0 saturated heterocycles. The van der Waals surface area contributed by atoms with Crippen LogP contribution in [0.3, 0.4) is 0 Å². The molecule has 0 amide bonds. The van der Waals surface area contributed by atoms with Crippen LogP contribution in [-0.4, -0.2) is 44.1 Å². The van der Waals surface area contributed by atoms with E-state index in [9.17, 15) is 8.78 Å². The highest BCUT2D eigenvalue weighted by atomic mass is 35.5. The van der Waals surface area contributed by atoms with Crippen molar-refractivity contribution in [2.45, 2.75) is 25.9 Å². The third-order valence-corrected chi connectivity index (χ3v) is 6.19. The van der Waals surface area contributed by atoms with Gasteiger partial charge in [0.05, 0.1) is 17.0 Å². The molecular weight excluding hydrogens is 458 g/mol. The molecule has 0 unspecified atom stereocenters. The molecule has 2 aromatic heterocycles. The second kappa shape index (κ2) is 9.84. The highest BCUT2D eigenvalue weighted by Gasteiger charge is 2.19. The predicted molar refractivity (Wildman–Crippen MR) is 121 cm³/mol. The number of ether oxygens (including phenoxy) is 3. The van der Waals surface area contributed by atoms with Gasteiger partial charge in [0.1, 0.15) is 24.7 Å². The van der Waals surface area contributed by atoms with E-state index < -0.39 is 17.4 Å². The van der Waals surface area contributed by atoms with Crippen LogP contribution < -0.4 is 10.1 Å². The zero-order valence-corrected chi connectivity index (χ0v) is 19.4. The molecule has 0 bridgehead atoms. The molecule has 4 rings (SSSR count). The number of aromatic nitrogens is 2. The molecule has 1 N–H and O–H groups in total. The van der Waals surface area contributed by atoms with Crippen molar-refractivity contribution in [1.29, 1.82) is 0 Å². The fraction of sp³-hybridized carbons (Fsp3) is 0.333. The van der Waals surface area contributed by atoms with Crippen LogP contribution in [0.5, 0.6) is 11.5 Å². The minimum atomic E-state index is -0.883. The topological polar surface area (TPSA) is 69.9 Å². The summed E-state index contributed by atoms with van der Waals surface area (Å²) in [6, 6.07) is 4.98. The monoisotopic (exact) mass is 479 g/mol. The number of hydrogen-bond acceptors (Lipinski definition) is 6. The normalized spacial score (nSPS) is 13.5. The Morgan fingerprint density at radius 1 is 1.28 bits per heavy atom. The van der Waals surface area contributed by atoms with Crippen LogP contribution >= 0.6 is 11.6 Å². The maximum atomic E-state index is 14.7. The van der Waals surface area contributed by atoms with E-state index in [2.05, 4.69) is 28.4 Å². The van der Waals surface area contributed by atoms with Gasteiger partial charge in [-0.15, -0.1) is 0 Å². The van der Waals surface area contributed by atoms with E-state index >= 15 is 0 Å². The first-order chi connectivity index (χ1) is 15.4. The van der Waals surface area contributed by atoms with Gasteiger partial charge in [-0.2, -0.15) is 0 Å². The minimum absolute atomic E-state index is 0.165. The number of fused-ring (bicyclic) bond motifs is 1. The van der Waals surface area contributed by atoms with Crippen LogP contribution in [0.2, 0.25) is 24.2 Å². The van der Waals surface area contributed by atoms with Gasteiger partial charge in [-0.05, 0) is 12.1 Å². The lowest BCUT2D eigenvalue weighted by molar-refractivity contribution is 0.0902. The summed E-state index contributed by atoms with van der Waals surface area (Å²) in [5.41, 5.74) is 0.666. The molecule has 1 aliphatic heterocycles. The number of rotatable bonds is 8. The molecule has 7 nitrogen and oxygen atoms in total. The molecule has 0 saturated carbocycles. The summed E-state index contributed by atoms with van der Waals surface area (Å²) in [5, 5.41) is 3.53. The molecule has 1 radical (unpaired) electrons. The van der Waals surface area contributed by atoms with E-state index in [0.29, 0.717) is 35.8 Å². The van der Waals surface area contributed by atoms with Gasteiger partial charge in [-0.1, -0.05) is 24.7 Å². The van der Waals surface area contributed by atoms with Crippen molar-refractivity contribution in [3.05, 3.63) is 47.2 Å². The summed E-state index contributed by atoms with van der Waals surface area (Å²) >= 11 is 6.40. The van der Waals surface area contributed by atoms with Crippen LogP contribution in [0, 0.1) is 11.6 Å².